The molecule has 3 aromatic rings. The molecule has 0 fully saturated rings. The number of halogens is 1. The minimum absolute atomic E-state index is 0.268. The van der Waals surface area contributed by atoms with Crippen molar-refractivity contribution in [2.75, 3.05) is 10.6 Å². The first-order chi connectivity index (χ1) is 11.6. The van der Waals surface area contributed by atoms with Crippen molar-refractivity contribution in [3.05, 3.63) is 41.2 Å². The quantitative estimate of drug-likeness (QED) is 0.718. The summed E-state index contributed by atoms with van der Waals surface area (Å²) in [5.74, 6) is 1.15. The smallest absolute Gasteiger partial charge is 0.227 e. The lowest BCUT2D eigenvalue weighted by Gasteiger charge is -2.14. The predicted octanol–water partition coefficient (Wildman–Crippen LogP) is 4.34. The summed E-state index contributed by atoms with van der Waals surface area (Å²) in [5.41, 5.74) is 3.11. The first-order valence-electron chi connectivity index (χ1n) is 7.85. The first-order valence-corrected chi connectivity index (χ1v) is 8.23. The molecule has 6 nitrogen and oxygen atoms in total. The Morgan fingerprint density at radius 1 is 1.17 bits per heavy atom. The van der Waals surface area contributed by atoms with Gasteiger partial charge in [0, 0.05) is 29.1 Å². The second-order valence-corrected chi connectivity index (χ2v) is 6.10. The summed E-state index contributed by atoms with van der Waals surface area (Å²) in [7, 11) is 0. The zero-order valence-corrected chi connectivity index (χ0v) is 14.6. The van der Waals surface area contributed by atoms with Gasteiger partial charge in [-0.25, -0.2) is 9.97 Å². The van der Waals surface area contributed by atoms with Gasteiger partial charge in [-0.2, -0.15) is 9.97 Å². The SMILES string of the molecule is CCC(C)Nc1nc(Nc2ccc(Cl)cc2C)c2nccnc2n1. The van der Waals surface area contributed by atoms with Crippen LogP contribution in [-0.4, -0.2) is 26.0 Å². The Hall–Kier alpha value is -2.47. The fourth-order valence-electron chi connectivity index (χ4n) is 2.23. The summed E-state index contributed by atoms with van der Waals surface area (Å²) in [6.45, 7) is 6.18. The molecular formula is C17H19ClN6. The Bertz CT molecular complexity index is 867. The molecular weight excluding hydrogens is 324 g/mol. The summed E-state index contributed by atoms with van der Waals surface area (Å²) in [4.78, 5) is 17.7. The van der Waals surface area contributed by atoms with Gasteiger partial charge in [0.25, 0.3) is 0 Å². The molecule has 124 valence electrons. The number of aryl methyl sites for hydroxylation is 1. The maximum Gasteiger partial charge on any atom is 0.227 e. The Morgan fingerprint density at radius 3 is 2.71 bits per heavy atom. The lowest BCUT2D eigenvalue weighted by Crippen LogP contribution is -2.16. The van der Waals surface area contributed by atoms with Gasteiger partial charge < -0.3 is 10.6 Å². The van der Waals surface area contributed by atoms with Crippen LogP contribution in [0.15, 0.2) is 30.6 Å². The lowest BCUT2D eigenvalue weighted by atomic mass is 10.2. The first kappa shape index (κ1) is 16.4. The van der Waals surface area contributed by atoms with Crippen molar-refractivity contribution in [3.63, 3.8) is 0 Å². The molecule has 1 aromatic carbocycles. The van der Waals surface area contributed by atoms with E-state index in [4.69, 9.17) is 11.6 Å². The van der Waals surface area contributed by atoms with Crippen molar-refractivity contribution in [1.29, 1.82) is 0 Å². The highest BCUT2D eigenvalue weighted by Gasteiger charge is 2.12. The second-order valence-electron chi connectivity index (χ2n) is 5.66. The molecule has 1 unspecified atom stereocenters. The van der Waals surface area contributed by atoms with Gasteiger partial charge in [0.1, 0.15) is 0 Å². The van der Waals surface area contributed by atoms with Crippen LogP contribution in [0.25, 0.3) is 11.2 Å². The van der Waals surface area contributed by atoms with Crippen LogP contribution in [0.5, 0.6) is 0 Å². The molecule has 0 aliphatic rings. The fourth-order valence-corrected chi connectivity index (χ4v) is 2.46. The van der Waals surface area contributed by atoms with Gasteiger partial charge in [0.05, 0.1) is 0 Å². The Labute approximate surface area is 145 Å². The van der Waals surface area contributed by atoms with Crippen LogP contribution in [0.4, 0.5) is 17.5 Å². The fraction of sp³-hybridized carbons (Fsp3) is 0.294. The third-order valence-corrected chi connectivity index (χ3v) is 4.00. The zero-order valence-electron chi connectivity index (χ0n) is 13.8. The lowest BCUT2D eigenvalue weighted by molar-refractivity contribution is 0.754. The van der Waals surface area contributed by atoms with Gasteiger partial charge in [-0.15, -0.1) is 0 Å². The average Bonchev–Trinajstić information content (AvgIpc) is 2.57. The average molecular weight is 343 g/mol. The minimum Gasteiger partial charge on any atom is -0.352 e. The number of anilines is 3. The van der Waals surface area contributed by atoms with E-state index in [0.29, 0.717) is 28.0 Å². The molecule has 24 heavy (non-hydrogen) atoms. The van der Waals surface area contributed by atoms with Gasteiger partial charge in [-0.1, -0.05) is 18.5 Å². The molecule has 1 atom stereocenters. The number of hydrogen-bond donors (Lipinski definition) is 2. The van der Waals surface area contributed by atoms with Gasteiger partial charge >= 0.3 is 0 Å². The van der Waals surface area contributed by atoms with Crippen LogP contribution >= 0.6 is 11.6 Å². The highest BCUT2D eigenvalue weighted by Crippen LogP contribution is 2.26. The molecule has 2 N–H and O–H groups in total. The predicted molar refractivity (Wildman–Crippen MR) is 98.0 cm³/mol. The maximum atomic E-state index is 6.03. The van der Waals surface area contributed by atoms with Crippen molar-refractivity contribution in [2.24, 2.45) is 0 Å². The second kappa shape index (κ2) is 6.97. The van der Waals surface area contributed by atoms with E-state index in [0.717, 1.165) is 17.7 Å². The molecule has 0 saturated heterocycles. The molecule has 0 amide bonds. The molecule has 2 heterocycles. The summed E-state index contributed by atoms with van der Waals surface area (Å²) >= 11 is 6.03. The van der Waals surface area contributed by atoms with Crippen molar-refractivity contribution in [2.45, 2.75) is 33.2 Å². The van der Waals surface area contributed by atoms with Gasteiger partial charge in [-0.3, -0.25) is 0 Å². The van der Waals surface area contributed by atoms with E-state index in [9.17, 15) is 0 Å². The number of fused-ring (bicyclic) bond motifs is 1. The molecule has 3 rings (SSSR count). The Kier molecular flexibility index (Phi) is 4.76. The van der Waals surface area contributed by atoms with E-state index in [1.807, 2.05) is 25.1 Å². The largest absolute Gasteiger partial charge is 0.352 e. The maximum absolute atomic E-state index is 6.03. The standard InChI is InChI=1S/C17H19ClN6/c1-4-11(3)21-17-23-15-14(19-7-8-20-15)16(24-17)22-13-6-5-12(18)9-10(13)2/h5-9,11H,4H2,1-3H3,(H2,20,21,22,23,24). The van der Waals surface area contributed by atoms with Gasteiger partial charge in [0.2, 0.25) is 5.95 Å². The van der Waals surface area contributed by atoms with E-state index in [1.54, 1.807) is 12.4 Å². The molecule has 0 aliphatic heterocycles. The third-order valence-electron chi connectivity index (χ3n) is 3.76. The van der Waals surface area contributed by atoms with E-state index >= 15 is 0 Å². The van der Waals surface area contributed by atoms with E-state index in [1.165, 1.54) is 0 Å². The number of nitrogens with zero attached hydrogens (tertiary/aromatic N) is 4. The summed E-state index contributed by atoms with van der Waals surface area (Å²) < 4.78 is 0. The zero-order chi connectivity index (χ0) is 17.1. The molecule has 0 spiro atoms. The number of hydrogen-bond acceptors (Lipinski definition) is 6. The normalized spacial score (nSPS) is 12.2. The van der Waals surface area contributed by atoms with Gasteiger partial charge in [0.15, 0.2) is 17.0 Å². The highest BCUT2D eigenvalue weighted by molar-refractivity contribution is 6.30. The molecule has 0 saturated carbocycles. The highest BCUT2D eigenvalue weighted by atomic mass is 35.5. The van der Waals surface area contributed by atoms with Crippen molar-refractivity contribution in [3.8, 4) is 0 Å². The molecule has 7 heteroatoms. The Morgan fingerprint density at radius 2 is 1.96 bits per heavy atom. The number of rotatable bonds is 5. The molecule has 0 aliphatic carbocycles. The Balaban J connectivity index is 2.04. The minimum atomic E-state index is 0.268. The van der Waals surface area contributed by atoms with Crippen LogP contribution in [0.2, 0.25) is 5.02 Å². The van der Waals surface area contributed by atoms with Crippen LogP contribution in [0, 0.1) is 6.92 Å². The third kappa shape index (κ3) is 3.54. The summed E-state index contributed by atoms with van der Waals surface area (Å²) in [5, 5.41) is 7.30. The summed E-state index contributed by atoms with van der Waals surface area (Å²) in [6, 6.07) is 5.93. The van der Waals surface area contributed by atoms with E-state index in [-0.39, 0.29) is 6.04 Å². The molecule has 0 radical (unpaired) electrons. The number of nitrogens with one attached hydrogen (secondary N) is 2. The monoisotopic (exact) mass is 342 g/mol. The van der Waals surface area contributed by atoms with Crippen LogP contribution < -0.4 is 10.6 Å². The van der Waals surface area contributed by atoms with Gasteiger partial charge in [-0.05, 0) is 44.0 Å². The molecule has 0 bridgehead atoms. The van der Waals surface area contributed by atoms with E-state index in [2.05, 4.69) is 44.4 Å². The van der Waals surface area contributed by atoms with E-state index < -0.39 is 0 Å². The van der Waals surface area contributed by atoms with Crippen LogP contribution in [-0.2, 0) is 0 Å². The van der Waals surface area contributed by atoms with Crippen molar-refractivity contribution >= 4 is 40.2 Å². The number of aromatic nitrogens is 4. The molecule has 2 aromatic heterocycles. The van der Waals surface area contributed by atoms with Crippen molar-refractivity contribution < 1.29 is 0 Å². The topological polar surface area (TPSA) is 75.6 Å². The number of benzene rings is 1. The van der Waals surface area contributed by atoms with Crippen LogP contribution in [0.3, 0.4) is 0 Å². The summed E-state index contributed by atoms with van der Waals surface area (Å²) in [6.07, 6.45) is 4.23. The van der Waals surface area contributed by atoms with Crippen molar-refractivity contribution in [1.82, 2.24) is 19.9 Å². The van der Waals surface area contributed by atoms with Crippen LogP contribution in [0.1, 0.15) is 25.8 Å².